The number of amides is 1. The van der Waals surface area contributed by atoms with E-state index in [0.29, 0.717) is 23.3 Å². The molecule has 1 heterocycles. The fraction of sp³-hybridized carbons (Fsp3) is 0.273. The van der Waals surface area contributed by atoms with Crippen LogP contribution in [0.2, 0.25) is 0 Å². The summed E-state index contributed by atoms with van der Waals surface area (Å²) in [5, 5.41) is 12.8. The van der Waals surface area contributed by atoms with Gasteiger partial charge in [0.05, 0.1) is 18.2 Å². The van der Waals surface area contributed by atoms with Gasteiger partial charge in [-0.05, 0) is 42.2 Å². The molecule has 1 amide bonds. The van der Waals surface area contributed by atoms with Gasteiger partial charge in [0.25, 0.3) is 5.91 Å². The molecule has 0 bridgehead atoms. The summed E-state index contributed by atoms with van der Waals surface area (Å²) in [5.74, 6) is 0.958. The Labute approximate surface area is 172 Å². The molecule has 0 saturated heterocycles. The smallest absolute Gasteiger partial charge is 0.344 e. The van der Waals surface area contributed by atoms with E-state index in [1.54, 1.807) is 36.0 Å². The van der Waals surface area contributed by atoms with E-state index in [1.807, 2.05) is 36.6 Å². The quantitative estimate of drug-likeness (QED) is 0.524. The van der Waals surface area contributed by atoms with E-state index in [4.69, 9.17) is 9.15 Å². The Morgan fingerprint density at radius 1 is 1.21 bits per heavy atom. The molecule has 0 fully saturated rings. The zero-order chi connectivity index (χ0) is 20.6. The van der Waals surface area contributed by atoms with Crippen molar-refractivity contribution in [3.05, 3.63) is 65.0 Å². The molecule has 0 aliphatic rings. The van der Waals surface area contributed by atoms with Gasteiger partial charge in [-0.2, -0.15) is 11.8 Å². The fourth-order valence-corrected chi connectivity index (χ4v) is 3.41. The van der Waals surface area contributed by atoms with E-state index in [0.717, 1.165) is 16.7 Å². The van der Waals surface area contributed by atoms with Crippen molar-refractivity contribution in [3.63, 3.8) is 0 Å². The maximum atomic E-state index is 12.4. The average Bonchev–Trinajstić information content (AvgIpc) is 2.75. The van der Waals surface area contributed by atoms with Crippen molar-refractivity contribution in [1.29, 1.82) is 0 Å². The van der Waals surface area contributed by atoms with Crippen LogP contribution in [0, 0.1) is 0 Å². The highest BCUT2D eigenvalue weighted by atomic mass is 32.2. The summed E-state index contributed by atoms with van der Waals surface area (Å²) < 4.78 is 11.0. The van der Waals surface area contributed by atoms with Gasteiger partial charge in [-0.3, -0.25) is 4.79 Å². The van der Waals surface area contributed by atoms with Crippen LogP contribution >= 0.6 is 11.8 Å². The topological polar surface area (TPSA) is 88.8 Å². The third-order valence-electron chi connectivity index (χ3n) is 4.42. The predicted molar refractivity (Wildman–Crippen MR) is 115 cm³/mol. The van der Waals surface area contributed by atoms with Gasteiger partial charge in [0, 0.05) is 11.5 Å². The molecule has 6 nitrogen and oxygen atoms in total. The van der Waals surface area contributed by atoms with Gasteiger partial charge < -0.3 is 19.6 Å². The average molecular weight is 413 g/mol. The fourth-order valence-electron chi connectivity index (χ4n) is 2.89. The van der Waals surface area contributed by atoms with Crippen LogP contribution in [-0.4, -0.2) is 42.3 Å². The molecule has 0 saturated carbocycles. The standard InChI is InChI=1S/C22H23NO5S/c1-29-10-9-17(13-24)23-21(25)14-27-18-8-7-16-11-19(15-5-3-2-4-6-15)22(26)28-20(16)12-18/h2-8,11-12,17,24H,9-10,13-14H2,1H3,(H,23,25)/t17-/m0/s1. The number of thioether (sulfide) groups is 1. The van der Waals surface area contributed by atoms with E-state index in [1.165, 1.54) is 0 Å². The van der Waals surface area contributed by atoms with Gasteiger partial charge >= 0.3 is 5.63 Å². The Kier molecular flexibility index (Phi) is 7.32. The van der Waals surface area contributed by atoms with E-state index < -0.39 is 5.63 Å². The largest absolute Gasteiger partial charge is 0.484 e. The molecule has 2 aromatic carbocycles. The van der Waals surface area contributed by atoms with Crippen molar-refractivity contribution in [2.45, 2.75) is 12.5 Å². The van der Waals surface area contributed by atoms with Gasteiger partial charge in [-0.25, -0.2) is 4.79 Å². The minimum Gasteiger partial charge on any atom is -0.484 e. The Morgan fingerprint density at radius 2 is 2.00 bits per heavy atom. The van der Waals surface area contributed by atoms with Gasteiger partial charge in [-0.1, -0.05) is 30.3 Å². The number of hydrogen-bond donors (Lipinski definition) is 2. The summed E-state index contributed by atoms with van der Waals surface area (Å²) in [6.07, 6.45) is 2.66. The number of benzene rings is 2. The Balaban J connectivity index is 1.68. The van der Waals surface area contributed by atoms with Crippen LogP contribution in [0.3, 0.4) is 0 Å². The first-order chi connectivity index (χ1) is 14.1. The van der Waals surface area contributed by atoms with Gasteiger partial charge in [0.1, 0.15) is 11.3 Å². The van der Waals surface area contributed by atoms with Crippen LogP contribution in [0.5, 0.6) is 5.75 Å². The summed E-state index contributed by atoms with van der Waals surface area (Å²) in [4.78, 5) is 24.4. The third kappa shape index (κ3) is 5.62. The molecule has 29 heavy (non-hydrogen) atoms. The van der Waals surface area contributed by atoms with Crippen LogP contribution in [0.4, 0.5) is 0 Å². The number of fused-ring (bicyclic) bond motifs is 1. The molecule has 0 spiro atoms. The number of ether oxygens (including phenoxy) is 1. The minimum atomic E-state index is -0.432. The lowest BCUT2D eigenvalue weighted by Crippen LogP contribution is -2.40. The zero-order valence-electron chi connectivity index (χ0n) is 16.1. The molecule has 2 N–H and O–H groups in total. The van der Waals surface area contributed by atoms with Crippen molar-refractivity contribution >= 4 is 28.6 Å². The molecule has 0 aliphatic carbocycles. The summed E-state index contributed by atoms with van der Waals surface area (Å²) >= 11 is 1.65. The molecule has 7 heteroatoms. The molecule has 0 aliphatic heterocycles. The van der Waals surface area contributed by atoms with Gasteiger partial charge in [0.15, 0.2) is 6.61 Å². The molecule has 152 valence electrons. The number of nitrogens with one attached hydrogen (secondary N) is 1. The SMILES string of the molecule is CSCC[C@@H](CO)NC(=O)COc1ccc2cc(-c3ccccc3)c(=O)oc2c1. The maximum absolute atomic E-state index is 12.4. The number of aliphatic hydroxyl groups excluding tert-OH is 1. The summed E-state index contributed by atoms with van der Waals surface area (Å²) in [6, 6.07) is 15.9. The number of rotatable bonds is 9. The molecular weight excluding hydrogens is 390 g/mol. The Morgan fingerprint density at radius 3 is 2.72 bits per heavy atom. The molecule has 1 aromatic heterocycles. The second-order valence-electron chi connectivity index (χ2n) is 6.53. The molecule has 0 radical (unpaired) electrons. The van der Waals surface area contributed by atoms with Gasteiger partial charge in [-0.15, -0.1) is 0 Å². The highest BCUT2D eigenvalue weighted by molar-refractivity contribution is 7.98. The normalized spacial score (nSPS) is 11.9. The van der Waals surface area contributed by atoms with E-state index in [-0.39, 0.29) is 25.2 Å². The lowest BCUT2D eigenvalue weighted by Gasteiger charge is -2.16. The highest BCUT2D eigenvalue weighted by Gasteiger charge is 2.12. The monoisotopic (exact) mass is 413 g/mol. The van der Waals surface area contributed by atoms with Crippen LogP contribution in [0.1, 0.15) is 6.42 Å². The maximum Gasteiger partial charge on any atom is 0.344 e. The third-order valence-corrected chi connectivity index (χ3v) is 5.06. The van der Waals surface area contributed by atoms with E-state index in [2.05, 4.69) is 5.32 Å². The van der Waals surface area contributed by atoms with Gasteiger partial charge in [0.2, 0.25) is 0 Å². The van der Waals surface area contributed by atoms with Crippen LogP contribution in [-0.2, 0) is 4.79 Å². The number of aliphatic hydroxyl groups is 1. The summed E-state index contributed by atoms with van der Waals surface area (Å²) in [5.41, 5.74) is 1.24. The first kappa shape index (κ1) is 21.0. The van der Waals surface area contributed by atoms with E-state index in [9.17, 15) is 14.7 Å². The minimum absolute atomic E-state index is 0.114. The van der Waals surface area contributed by atoms with Crippen molar-refractivity contribution in [2.24, 2.45) is 0 Å². The molecular formula is C22H23NO5S. The number of carbonyl (C=O) groups is 1. The molecule has 1 atom stereocenters. The summed E-state index contributed by atoms with van der Waals surface area (Å²) in [7, 11) is 0. The second-order valence-corrected chi connectivity index (χ2v) is 7.52. The number of carbonyl (C=O) groups excluding carboxylic acids is 1. The highest BCUT2D eigenvalue weighted by Crippen LogP contribution is 2.24. The molecule has 3 aromatic rings. The first-order valence-electron chi connectivity index (χ1n) is 9.26. The van der Waals surface area contributed by atoms with Crippen molar-refractivity contribution < 1.29 is 19.1 Å². The molecule has 3 rings (SSSR count). The van der Waals surface area contributed by atoms with Crippen LogP contribution in [0.15, 0.2) is 63.8 Å². The molecule has 0 unspecified atom stereocenters. The Bertz CT molecular complexity index is 1020. The van der Waals surface area contributed by atoms with Crippen LogP contribution < -0.4 is 15.7 Å². The lowest BCUT2D eigenvalue weighted by molar-refractivity contribution is -0.124. The van der Waals surface area contributed by atoms with Crippen molar-refractivity contribution in [3.8, 4) is 16.9 Å². The first-order valence-corrected chi connectivity index (χ1v) is 10.7. The predicted octanol–water partition coefficient (Wildman–Crippen LogP) is 3.07. The Hall–Kier alpha value is -2.77. The number of hydrogen-bond acceptors (Lipinski definition) is 6. The second kappa shape index (κ2) is 10.1. The van der Waals surface area contributed by atoms with Crippen molar-refractivity contribution in [1.82, 2.24) is 5.32 Å². The van der Waals surface area contributed by atoms with Crippen molar-refractivity contribution in [2.75, 3.05) is 25.2 Å². The van der Waals surface area contributed by atoms with Crippen LogP contribution in [0.25, 0.3) is 22.1 Å². The zero-order valence-corrected chi connectivity index (χ0v) is 16.9. The van der Waals surface area contributed by atoms with E-state index >= 15 is 0 Å². The lowest BCUT2D eigenvalue weighted by atomic mass is 10.1. The summed E-state index contributed by atoms with van der Waals surface area (Å²) in [6.45, 7) is -0.301.